The minimum atomic E-state index is -3.80. The van der Waals surface area contributed by atoms with Gasteiger partial charge in [0.2, 0.25) is 6.79 Å². The minimum absolute atomic E-state index is 0.1000. The van der Waals surface area contributed by atoms with Gasteiger partial charge < -0.3 is 9.47 Å². The summed E-state index contributed by atoms with van der Waals surface area (Å²) in [6.07, 6.45) is 1.47. The first-order chi connectivity index (χ1) is 14.8. The fourth-order valence-corrected chi connectivity index (χ4v) is 4.84. The number of thiazole rings is 1. The van der Waals surface area contributed by atoms with Crippen molar-refractivity contribution in [2.24, 2.45) is 5.10 Å². The van der Waals surface area contributed by atoms with Crippen molar-refractivity contribution < 1.29 is 22.7 Å². The summed E-state index contributed by atoms with van der Waals surface area (Å²) in [5, 5.41) is 4.04. The van der Waals surface area contributed by atoms with Crippen LogP contribution in [0.5, 0.6) is 11.5 Å². The van der Waals surface area contributed by atoms with Gasteiger partial charge in [-0.1, -0.05) is 29.0 Å². The van der Waals surface area contributed by atoms with Crippen molar-refractivity contribution in [3.8, 4) is 11.5 Å². The van der Waals surface area contributed by atoms with Crippen LogP contribution in [-0.4, -0.2) is 32.3 Å². The molecule has 0 atom stereocenters. The van der Waals surface area contributed by atoms with Crippen LogP contribution < -0.4 is 19.6 Å². The number of aromatic nitrogens is 1. The van der Waals surface area contributed by atoms with Crippen molar-refractivity contribution >= 4 is 38.6 Å². The van der Waals surface area contributed by atoms with E-state index in [9.17, 15) is 13.2 Å². The largest absolute Gasteiger partial charge is 0.454 e. The molecule has 1 aliphatic heterocycles. The maximum Gasteiger partial charge on any atom is 0.283 e. The first-order valence-electron chi connectivity index (χ1n) is 9.12. The van der Waals surface area contributed by atoms with Gasteiger partial charge in [0.1, 0.15) is 4.88 Å². The molecular formula is C20H18N4O5S2. The maximum absolute atomic E-state index is 12.5. The Balaban J connectivity index is 1.43. The van der Waals surface area contributed by atoms with Gasteiger partial charge in [-0.05, 0) is 49.7 Å². The molecule has 2 aromatic carbocycles. The molecule has 0 fully saturated rings. The number of carbonyl (C=O) groups excluding carboxylic acids is 1. The molecular weight excluding hydrogens is 440 g/mol. The highest BCUT2D eigenvalue weighted by Crippen LogP contribution is 2.32. The molecule has 0 aliphatic carbocycles. The molecule has 2 heterocycles. The summed E-state index contributed by atoms with van der Waals surface area (Å²) in [5.41, 5.74) is 4.48. The second-order valence-electron chi connectivity index (χ2n) is 6.66. The Morgan fingerprint density at radius 3 is 2.65 bits per heavy atom. The predicted octanol–water partition coefficient (Wildman–Crippen LogP) is 3.05. The summed E-state index contributed by atoms with van der Waals surface area (Å²) in [5.74, 6) is 0.772. The van der Waals surface area contributed by atoms with Crippen molar-refractivity contribution in [1.82, 2.24) is 10.4 Å². The summed E-state index contributed by atoms with van der Waals surface area (Å²) in [4.78, 5) is 17.0. The van der Waals surface area contributed by atoms with Gasteiger partial charge >= 0.3 is 0 Å². The van der Waals surface area contributed by atoms with Crippen LogP contribution in [0, 0.1) is 13.8 Å². The Hall–Kier alpha value is -3.44. The number of fused-ring (bicyclic) bond motifs is 1. The van der Waals surface area contributed by atoms with Crippen LogP contribution in [0.3, 0.4) is 0 Å². The molecule has 11 heteroatoms. The zero-order valence-electron chi connectivity index (χ0n) is 16.6. The minimum Gasteiger partial charge on any atom is -0.454 e. The lowest BCUT2D eigenvalue weighted by Gasteiger charge is -2.05. The molecule has 0 radical (unpaired) electrons. The number of aryl methyl sites for hydroxylation is 2. The van der Waals surface area contributed by atoms with E-state index in [1.54, 1.807) is 37.3 Å². The topological polar surface area (TPSA) is 119 Å². The number of sulfonamides is 1. The number of nitrogens with zero attached hydrogens (tertiary/aromatic N) is 2. The van der Waals surface area contributed by atoms with Crippen LogP contribution in [0.15, 0.2) is 52.5 Å². The molecule has 1 aromatic heterocycles. The molecule has 9 nitrogen and oxygen atoms in total. The second-order valence-corrected chi connectivity index (χ2v) is 9.35. The van der Waals surface area contributed by atoms with Crippen LogP contribution in [0.25, 0.3) is 0 Å². The van der Waals surface area contributed by atoms with Crippen molar-refractivity contribution in [3.05, 3.63) is 64.2 Å². The van der Waals surface area contributed by atoms with E-state index in [4.69, 9.17) is 9.47 Å². The highest BCUT2D eigenvalue weighted by molar-refractivity contribution is 7.93. The number of hydrogen-bond donors (Lipinski definition) is 2. The van der Waals surface area contributed by atoms with E-state index in [1.165, 1.54) is 18.3 Å². The molecule has 0 saturated heterocycles. The van der Waals surface area contributed by atoms with Gasteiger partial charge in [-0.25, -0.2) is 18.8 Å². The third kappa shape index (κ3) is 4.67. The van der Waals surface area contributed by atoms with E-state index >= 15 is 0 Å². The average molecular weight is 459 g/mol. The van der Waals surface area contributed by atoms with E-state index < -0.39 is 15.9 Å². The molecule has 31 heavy (non-hydrogen) atoms. The highest BCUT2D eigenvalue weighted by atomic mass is 32.2. The first-order valence-corrected chi connectivity index (χ1v) is 11.4. The Morgan fingerprint density at radius 2 is 1.87 bits per heavy atom. The Kier molecular flexibility index (Phi) is 5.61. The molecule has 0 spiro atoms. The van der Waals surface area contributed by atoms with Crippen LogP contribution in [0.2, 0.25) is 0 Å². The van der Waals surface area contributed by atoms with Gasteiger partial charge in [-0.2, -0.15) is 5.10 Å². The summed E-state index contributed by atoms with van der Waals surface area (Å²) in [7, 11) is -3.80. The van der Waals surface area contributed by atoms with Gasteiger partial charge in [0.15, 0.2) is 16.6 Å². The Bertz CT molecular complexity index is 1270. The number of rotatable bonds is 6. The summed E-state index contributed by atoms with van der Waals surface area (Å²) >= 11 is 0.931. The molecule has 0 bridgehead atoms. The lowest BCUT2D eigenvalue weighted by atomic mass is 10.2. The SMILES string of the molecule is Cc1ccc(S(=O)(=O)Nc2nc(C)c(C(=O)N/N=C/c3ccc4c(c3)OCO4)s2)cc1. The zero-order chi connectivity index (χ0) is 22.0. The molecule has 0 saturated carbocycles. The van der Waals surface area contributed by atoms with E-state index in [1.807, 2.05) is 6.92 Å². The molecule has 3 aromatic rings. The summed E-state index contributed by atoms with van der Waals surface area (Å²) < 4.78 is 38.0. The maximum atomic E-state index is 12.5. The number of anilines is 1. The van der Waals surface area contributed by atoms with Crippen molar-refractivity contribution in [1.29, 1.82) is 0 Å². The van der Waals surface area contributed by atoms with Crippen LogP contribution in [0.1, 0.15) is 26.5 Å². The normalized spacial score (nSPS) is 12.8. The quantitative estimate of drug-likeness (QED) is 0.433. The Morgan fingerprint density at radius 1 is 1.13 bits per heavy atom. The monoisotopic (exact) mass is 458 g/mol. The molecule has 4 rings (SSSR count). The standard InChI is InChI=1S/C20H18N4O5S2/c1-12-3-6-15(7-4-12)31(26,27)24-20-22-13(2)18(30-20)19(25)23-21-10-14-5-8-16-17(9-14)29-11-28-16/h3-10H,11H2,1-2H3,(H,22,24)(H,23,25)/b21-10+. The van der Waals surface area contributed by atoms with Gasteiger partial charge in [0.25, 0.3) is 15.9 Å². The third-order valence-electron chi connectivity index (χ3n) is 4.33. The van der Waals surface area contributed by atoms with Gasteiger partial charge in [-0.15, -0.1) is 0 Å². The lowest BCUT2D eigenvalue weighted by Crippen LogP contribution is -2.17. The fourth-order valence-electron chi connectivity index (χ4n) is 2.75. The molecule has 2 N–H and O–H groups in total. The van der Waals surface area contributed by atoms with Crippen LogP contribution in [0.4, 0.5) is 5.13 Å². The molecule has 0 unspecified atom stereocenters. The number of hydrazone groups is 1. The highest BCUT2D eigenvalue weighted by Gasteiger charge is 2.20. The Labute approximate surface area is 182 Å². The molecule has 160 valence electrons. The van der Waals surface area contributed by atoms with Crippen molar-refractivity contribution in [2.75, 3.05) is 11.5 Å². The number of nitrogens with one attached hydrogen (secondary N) is 2. The van der Waals surface area contributed by atoms with Crippen LogP contribution >= 0.6 is 11.3 Å². The van der Waals surface area contributed by atoms with Crippen molar-refractivity contribution in [3.63, 3.8) is 0 Å². The molecule has 1 aliphatic rings. The van der Waals surface area contributed by atoms with Crippen molar-refractivity contribution in [2.45, 2.75) is 18.7 Å². The average Bonchev–Trinajstić information content (AvgIpc) is 3.33. The number of ether oxygens (including phenoxy) is 2. The van der Waals surface area contributed by atoms with Gasteiger partial charge in [-0.3, -0.25) is 9.52 Å². The number of carbonyl (C=O) groups is 1. The molecule has 1 amide bonds. The number of amides is 1. The van der Waals surface area contributed by atoms with Gasteiger partial charge in [0, 0.05) is 0 Å². The smallest absolute Gasteiger partial charge is 0.283 e. The third-order valence-corrected chi connectivity index (χ3v) is 6.89. The fraction of sp³-hybridized carbons (Fsp3) is 0.150. The van der Waals surface area contributed by atoms with E-state index in [0.717, 1.165) is 22.5 Å². The number of benzene rings is 2. The second kappa shape index (κ2) is 8.36. The summed E-state index contributed by atoms with van der Waals surface area (Å²) in [6.45, 7) is 3.66. The lowest BCUT2D eigenvalue weighted by molar-refractivity contribution is 0.0958. The zero-order valence-corrected chi connectivity index (χ0v) is 18.2. The predicted molar refractivity (Wildman–Crippen MR) is 116 cm³/mol. The first kappa shape index (κ1) is 20.8. The number of hydrogen-bond acceptors (Lipinski definition) is 8. The van der Waals surface area contributed by atoms with E-state index in [0.29, 0.717) is 17.2 Å². The van der Waals surface area contributed by atoms with E-state index in [2.05, 4.69) is 20.2 Å². The van der Waals surface area contributed by atoms with Gasteiger partial charge in [0.05, 0.1) is 16.8 Å². The summed E-state index contributed by atoms with van der Waals surface area (Å²) in [6, 6.07) is 11.7. The van der Waals surface area contributed by atoms with Crippen LogP contribution in [-0.2, 0) is 10.0 Å². The van der Waals surface area contributed by atoms with E-state index in [-0.39, 0.29) is 21.7 Å².